The molecule has 0 bridgehead atoms. The molecule has 7 nitrogen and oxygen atoms in total. The molecular formula is C43H49ClN2O5. The molecule has 1 aromatic heterocycles. The lowest BCUT2D eigenvalue weighted by Crippen LogP contribution is -2.53. The average Bonchev–Trinajstić information content (AvgIpc) is 3.42. The van der Waals surface area contributed by atoms with Gasteiger partial charge < -0.3 is 24.6 Å². The highest BCUT2D eigenvalue weighted by Gasteiger charge is 2.54. The molecule has 3 unspecified atom stereocenters. The van der Waals surface area contributed by atoms with E-state index in [1.165, 1.54) is 11.1 Å². The van der Waals surface area contributed by atoms with Gasteiger partial charge in [-0.1, -0.05) is 67.9 Å². The standard InChI is InChI=1S/C43H49ClN2O5/c1-28-22-36-38(15-20-45-40(36)39(23-28)51-27-30-11-13-35(49-3)14-12-30)50-26-29(2)21-32-24-31-7-4-5-10-37(31)42(32)16-18-43(19-17-42,41(47)48)46-34-9-6-8-33(44)25-34/h4-15,20,25,28-29,32,39,46H,16-19,21-24,26-27H2,1-3H3,(H,47,48)/t28?,29-,32?,39?,42?,43?/m1/s1. The number of halogens is 1. The molecule has 0 saturated heterocycles. The van der Waals surface area contributed by atoms with E-state index in [4.69, 9.17) is 30.8 Å². The van der Waals surface area contributed by atoms with E-state index in [0.717, 1.165) is 72.5 Å². The number of nitrogens with zero attached hydrogens (tertiary/aromatic N) is 1. The van der Waals surface area contributed by atoms with Crippen LogP contribution >= 0.6 is 11.6 Å². The van der Waals surface area contributed by atoms with Crippen LogP contribution in [-0.4, -0.2) is 35.3 Å². The van der Waals surface area contributed by atoms with Gasteiger partial charge in [-0.15, -0.1) is 0 Å². The Bertz CT molecular complexity index is 1840. The summed E-state index contributed by atoms with van der Waals surface area (Å²) in [6.07, 6.45) is 8.37. The van der Waals surface area contributed by atoms with Gasteiger partial charge in [-0.25, -0.2) is 4.79 Å². The molecular weight excluding hydrogens is 660 g/mol. The van der Waals surface area contributed by atoms with Gasteiger partial charge in [0, 0.05) is 22.5 Å². The number of benzene rings is 3. The number of carboxylic acid groups (broad SMARTS) is 1. The molecule has 0 aliphatic heterocycles. The van der Waals surface area contributed by atoms with E-state index in [9.17, 15) is 9.90 Å². The summed E-state index contributed by atoms with van der Waals surface area (Å²) in [5, 5.41) is 14.5. The van der Waals surface area contributed by atoms with Crippen molar-refractivity contribution in [3.8, 4) is 11.5 Å². The van der Waals surface area contributed by atoms with Crippen LogP contribution in [0, 0.1) is 17.8 Å². The maximum Gasteiger partial charge on any atom is 0.329 e. The van der Waals surface area contributed by atoms with E-state index >= 15 is 0 Å². The number of aromatic nitrogens is 1. The number of rotatable bonds is 12. The molecule has 7 rings (SSSR count). The lowest BCUT2D eigenvalue weighted by Gasteiger charge is -2.47. The lowest BCUT2D eigenvalue weighted by atomic mass is 9.59. The first-order valence-corrected chi connectivity index (χ1v) is 18.8. The van der Waals surface area contributed by atoms with Gasteiger partial charge in [-0.3, -0.25) is 4.98 Å². The third kappa shape index (κ3) is 7.33. The number of anilines is 1. The molecule has 1 spiro atoms. The zero-order valence-electron chi connectivity index (χ0n) is 29.9. The Kier molecular flexibility index (Phi) is 10.3. The molecule has 0 amide bonds. The van der Waals surface area contributed by atoms with E-state index in [-0.39, 0.29) is 11.5 Å². The number of nitrogens with one attached hydrogen (secondary N) is 1. The van der Waals surface area contributed by atoms with Crippen LogP contribution in [0.5, 0.6) is 11.5 Å². The molecule has 3 aliphatic rings. The van der Waals surface area contributed by atoms with Gasteiger partial charge >= 0.3 is 5.97 Å². The molecule has 1 fully saturated rings. The third-order valence-corrected chi connectivity index (χ3v) is 12.0. The smallest absolute Gasteiger partial charge is 0.329 e. The zero-order valence-corrected chi connectivity index (χ0v) is 30.6. The van der Waals surface area contributed by atoms with Gasteiger partial charge in [0.05, 0.1) is 26.0 Å². The maximum atomic E-state index is 12.8. The van der Waals surface area contributed by atoms with Crippen molar-refractivity contribution in [2.24, 2.45) is 17.8 Å². The summed E-state index contributed by atoms with van der Waals surface area (Å²) in [5.41, 5.74) is 5.73. The van der Waals surface area contributed by atoms with Gasteiger partial charge in [0.1, 0.15) is 23.1 Å². The molecule has 4 aromatic rings. The van der Waals surface area contributed by atoms with Gasteiger partial charge in [0.2, 0.25) is 0 Å². The maximum absolute atomic E-state index is 12.8. The highest BCUT2D eigenvalue weighted by molar-refractivity contribution is 6.30. The Morgan fingerprint density at radius 3 is 2.55 bits per heavy atom. The number of hydrogen-bond donors (Lipinski definition) is 2. The summed E-state index contributed by atoms with van der Waals surface area (Å²) >= 11 is 6.25. The predicted molar refractivity (Wildman–Crippen MR) is 201 cm³/mol. The Hall–Kier alpha value is -4.07. The van der Waals surface area contributed by atoms with Crippen molar-refractivity contribution in [1.29, 1.82) is 0 Å². The highest BCUT2D eigenvalue weighted by Crippen LogP contribution is 2.56. The van der Waals surface area contributed by atoms with Crippen LogP contribution in [0.3, 0.4) is 0 Å². The van der Waals surface area contributed by atoms with Crippen molar-refractivity contribution in [1.82, 2.24) is 4.98 Å². The molecule has 3 aromatic carbocycles. The molecule has 4 atom stereocenters. The van der Waals surface area contributed by atoms with E-state index in [0.29, 0.717) is 48.8 Å². The lowest BCUT2D eigenvalue weighted by molar-refractivity contribution is -0.144. The molecule has 8 heteroatoms. The summed E-state index contributed by atoms with van der Waals surface area (Å²) in [6.45, 7) is 5.69. The number of ether oxygens (including phenoxy) is 3. The molecule has 2 N–H and O–H groups in total. The number of carbonyl (C=O) groups is 1. The highest BCUT2D eigenvalue weighted by atomic mass is 35.5. The fraction of sp³-hybridized carbons (Fsp3) is 0.442. The number of carboxylic acids is 1. The summed E-state index contributed by atoms with van der Waals surface area (Å²) in [4.78, 5) is 17.6. The summed E-state index contributed by atoms with van der Waals surface area (Å²) in [7, 11) is 1.67. The van der Waals surface area contributed by atoms with Crippen molar-refractivity contribution >= 4 is 23.3 Å². The number of fused-ring (bicyclic) bond motifs is 3. The molecule has 1 saturated carbocycles. The second kappa shape index (κ2) is 14.9. The van der Waals surface area contributed by atoms with E-state index in [1.807, 2.05) is 54.7 Å². The van der Waals surface area contributed by atoms with Crippen LogP contribution in [0.1, 0.15) is 86.4 Å². The van der Waals surface area contributed by atoms with Crippen LogP contribution < -0.4 is 14.8 Å². The van der Waals surface area contributed by atoms with Crippen LogP contribution in [0.25, 0.3) is 0 Å². The van der Waals surface area contributed by atoms with E-state index in [1.54, 1.807) is 13.2 Å². The quantitative estimate of drug-likeness (QED) is 0.152. The predicted octanol–water partition coefficient (Wildman–Crippen LogP) is 9.61. The first kappa shape index (κ1) is 35.3. The normalized spacial score (nSPS) is 25.8. The number of pyridine rings is 1. The van der Waals surface area contributed by atoms with Gasteiger partial charge in [-0.2, -0.15) is 0 Å². The molecule has 268 valence electrons. The van der Waals surface area contributed by atoms with Crippen molar-refractivity contribution in [2.45, 2.75) is 88.9 Å². The minimum absolute atomic E-state index is 0.0560. The van der Waals surface area contributed by atoms with E-state index in [2.05, 4.69) is 43.4 Å². The second-order valence-corrected chi connectivity index (χ2v) is 15.7. The monoisotopic (exact) mass is 708 g/mol. The summed E-state index contributed by atoms with van der Waals surface area (Å²) < 4.78 is 18.4. The van der Waals surface area contributed by atoms with E-state index < -0.39 is 11.5 Å². The molecule has 3 aliphatic carbocycles. The van der Waals surface area contributed by atoms with Gasteiger partial charge in [-0.05, 0) is 128 Å². The Morgan fingerprint density at radius 1 is 1.02 bits per heavy atom. The first-order valence-electron chi connectivity index (χ1n) is 18.4. The molecule has 51 heavy (non-hydrogen) atoms. The van der Waals surface area contributed by atoms with Crippen molar-refractivity contribution in [2.75, 3.05) is 19.0 Å². The summed E-state index contributed by atoms with van der Waals surface area (Å²) in [6, 6.07) is 26.2. The first-order chi connectivity index (χ1) is 24.7. The minimum Gasteiger partial charge on any atom is -0.497 e. The van der Waals surface area contributed by atoms with Crippen molar-refractivity contribution < 1.29 is 24.1 Å². The Morgan fingerprint density at radius 2 is 1.80 bits per heavy atom. The SMILES string of the molecule is COc1ccc(COC2CC(C)Cc3c(OC[C@H](C)CC4Cc5ccccc5C45CCC(Nc4cccc(Cl)c4)(C(=O)O)CC5)ccnc32)cc1. The molecule has 1 heterocycles. The largest absolute Gasteiger partial charge is 0.497 e. The number of aliphatic carboxylic acids is 1. The van der Waals surface area contributed by atoms with Gasteiger partial charge in [0.25, 0.3) is 0 Å². The average molecular weight is 709 g/mol. The Labute approximate surface area is 306 Å². The third-order valence-electron chi connectivity index (χ3n) is 11.8. The van der Waals surface area contributed by atoms with Crippen LogP contribution in [-0.2, 0) is 34.4 Å². The van der Waals surface area contributed by atoms with Crippen LogP contribution in [0.2, 0.25) is 5.02 Å². The van der Waals surface area contributed by atoms with Gasteiger partial charge in [0.15, 0.2) is 0 Å². The fourth-order valence-corrected chi connectivity index (χ4v) is 9.27. The minimum atomic E-state index is -1.03. The topological polar surface area (TPSA) is 89.9 Å². The van der Waals surface area contributed by atoms with Crippen molar-refractivity contribution in [3.05, 3.63) is 118 Å². The van der Waals surface area contributed by atoms with Crippen LogP contribution in [0.4, 0.5) is 5.69 Å². The fourth-order valence-electron chi connectivity index (χ4n) is 9.08. The second-order valence-electron chi connectivity index (χ2n) is 15.3. The zero-order chi connectivity index (χ0) is 35.6. The Balaban J connectivity index is 1.03. The molecule has 0 radical (unpaired) electrons. The van der Waals surface area contributed by atoms with Crippen molar-refractivity contribution in [3.63, 3.8) is 0 Å². The summed E-state index contributed by atoms with van der Waals surface area (Å²) in [5.74, 6) is 2.12. The van der Waals surface area contributed by atoms with Crippen LogP contribution in [0.15, 0.2) is 85.1 Å². The number of hydrogen-bond acceptors (Lipinski definition) is 6. The number of methoxy groups -OCH3 is 1.